The van der Waals surface area contributed by atoms with Crippen molar-refractivity contribution in [2.24, 2.45) is 10.9 Å². The molecule has 3 rings (SSSR count). The number of hydrogen-bond acceptors (Lipinski definition) is 4. The number of nitrogens with zero attached hydrogens (tertiary/aromatic N) is 4. The molecule has 1 fully saturated rings. The average molecular weight is 295 g/mol. The van der Waals surface area contributed by atoms with Crippen LogP contribution in [0.4, 0.5) is 4.79 Å². The van der Waals surface area contributed by atoms with E-state index in [4.69, 9.17) is 0 Å². The molecule has 6 nitrogen and oxygen atoms in total. The van der Waals surface area contributed by atoms with Gasteiger partial charge in [-0.1, -0.05) is 13.8 Å². The number of carbonyl (C=O) groups is 2. The molecule has 0 aromatic carbocycles. The van der Waals surface area contributed by atoms with Gasteiger partial charge in [0.25, 0.3) is 17.8 Å². The molecule has 108 valence electrons. The summed E-state index contributed by atoms with van der Waals surface area (Å²) >= 11 is 1.65. The first kappa shape index (κ1) is 13.6. The summed E-state index contributed by atoms with van der Waals surface area (Å²) in [5.74, 6) is 1.89. The maximum Gasteiger partial charge on any atom is 0.358 e. The van der Waals surface area contributed by atoms with Crippen LogP contribution in [0, 0.1) is 5.92 Å². The van der Waals surface area contributed by atoms with Gasteiger partial charge in [-0.2, -0.15) is 0 Å². The van der Waals surface area contributed by atoms with Gasteiger partial charge in [0.15, 0.2) is 0 Å². The van der Waals surface area contributed by atoms with E-state index in [1.807, 2.05) is 4.58 Å². The molecule has 0 spiro atoms. The summed E-state index contributed by atoms with van der Waals surface area (Å²) in [5.41, 5.74) is 0. The highest BCUT2D eigenvalue weighted by Crippen LogP contribution is 2.27. The number of fused-ring (bicyclic) bond motifs is 2. The summed E-state index contributed by atoms with van der Waals surface area (Å²) in [4.78, 5) is 32.4. The lowest BCUT2D eigenvalue weighted by Gasteiger charge is -2.33. The molecule has 1 atom stereocenters. The smallest absolute Gasteiger partial charge is 0.269 e. The summed E-state index contributed by atoms with van der Waals surface area (Å²) in [5, 5.41) is 0.878. The van der Waals surface area contributed by atoms with E-state index >= 15 is 0 Å². The first-order valence-electron chi connectivity index (χ1n) is 6.94. The van der Waals surface area contributed by atoms with Crippen LogP contribution in [0.1, 0.15) is 20.3 Å². The maximum atomic E-state index is 12.7. The minimum absolute atomic E-state index is 0.120. The van der Waals surface area contributed by atoms with Crippen molar-refractivity contribution in [3.63, 3.8) is 0 Å². The molecule has 0 aliphatic carbocycles. The Morgan fingerprint density at radius 1 is 1.45 bits per heavy atom. The van der Waals surface area contributed by atoms with Crippen LogP contribution in [-0.4, -0.2) is 69.2 Å². The van der Waals surface area contributed by atoms with Crippen molar-refractivity contribution in [2.45, 2.75) is 26.3 Å². The number of rotatable bonds is 3. The molecule has 0 saturated carbocycles. The van der Waals surface area contributed by atoms with E-state index < -0.39 is 6.04 Å². The predicted octanol–water partition coefficient (Wildman–Crippen LogP) is 0.823. The highest BCUT2D eigenvalue weighted by molar-refractivity contribution is 8.13. The van der Waals surface area contributed by atoms with Crippen molar-refractivity contribution in [1.29, 1.82) is 0 Å². The molecule has 0 bridgehead atoms. The van der Waals surface area contributed by atoms with Crippen molar-refractivity contribution in [1.82, 2.24) is 9.80 Å². The minimum atomic E-state index is -0.394. The second-order valence-corrected chi connectivity index (χ2v) is 6.77. The van der Waals surface area contributed by atoms with Gasteiger partial charge in [0.2, 0.25) is 0 Å². The van der Waals surface area contributed by atoms with Crippen molar-refractivity contribution < 1.29 is 14.2 Å². The van der Waals surface area contributed by atoms with E-state index in [-0.39, 0.29) is 11.9 Å². The van der Waals surface area contributed by atoms with Crippen LogP contribution in [0.5, 0.6) is 0 Å². The van der Waals surface area contributed by atoms with Crippen LogP contribution < -0.4 is 0 Å². The largest absolute Gasteiger partial charge is 0.358 e. The Balaban J connectivity index is 1.88. The topological polar surface area (TPSA) is 56.0 Å². The summed E-state index contributed by atoms with van der Waals surface area (Å²) in [7, 11) is 1.70. The van der Waals surface area contributed by atoms with Crippen LogP contribution in [0.25, 0.3) is 0 Å². The van der Waals surface area contributed by atoms with Gasteiger partial charge in [-0.25, -0.2) is 9.37 Å². The molecule has 3 aliphatic heterocycles. The molecule has 1 unspecified atom stereocenters. The van der Waals surface area contributed by atoms with Crippen LogP contribution in [0.2, 0.25) is 0 Å². The first-order chi connectivity index (χ1) is 9.50. The fraction of sp³-hybridized carbons (Fsp3) is 0.692. The van der Waals surface area contributed by atoms with Gasteiger partial charge in [-0.05, 0) is 29.1 Å². The molecular formula is C13H19N4O2S+. The predicted molar refractivity (Wildman–Crippen MR) is 78.1 cm³/mol. The Hall–Kier alpha value is -1.37. The number of likely N-dealkylation sites (N-methyl/N-ethyl adjacent to an activating group) is 1. The van der Waals surface area contributed by atoms with Gasteiger partial charge in [0.1, 0.15) is 0 Å². The Morgan fingerprint density at radius 3 is 2.90 bits per heavy atom. The summed E-state index contributed by atoms with van der Waals surface area (Å²) in [6.45, 7) is 5.49. The lowest BCUT2D eigenvalue weighted by Crippen LogP contribution is -2.62. The third-order valence-electron chi connectivity index (χ3n) is 3.87. The highest BCUT2D eigenvalue weighted by atomic mass is 32.2. The third kappa shape index (κ3) is 1.95. The Bertz CT molecular complexity index is 540. The van der Waals surface area contributed by atoms with Crippen LogP contribution >= 0.6 is 11.8 Å². The SMILES string of the molecule is CC(C)CCN1C(=O)C2C(=NC3=[N+]2CCS3)N(C)C1=O. The van der Waals surface area contributed by atoms with Gasteiger partial charge in [0.05, 0.1) is 6.54 Å². The molecule has 3 amide bonds. The number of imide groups is 1. The highest BCUT2D eigenvalue weighted by Gasteiger charge is 2.55. The fourth-order valence-corrected chi connectivity index (χ4v) is 3.66. The number of urea groups is 1. The molecule has 3 heterocycles. The molecule has 7 heteroatoms. The van der Waals surface area contributed by atoms with Crippen molar-refractivity contribution in [2.75, 3.05) is 25.9 Å². The Labute approximate surface area is 122 Å². The molecule has 0 radical (unpaired) electrons. The molecule has 3 aliphatic rings. The summed E-state index contributed by atoms with van der Waals surface area (Å²) in [6, 6.07) is -0.646. The second-order valence-electron chi connectivity index (χ2n) is 5.71. The number of amidine groups is 2. The molecular weight excluding hydrogens is 276 g/mol. The van der Waals surface area contributed by atoms with Crippen LogP contribution in [0.15, 0.2) is 4.99 Å². The standard InChI is InChI=1S/C13H19N4O2S/c1-8(2)4-5-17-11(18)9-10(15(3)13(17)19)14-12-16(9)6-7-20-12/h8-9H,4-7H2,1-3H3/q+1. The quantitative estimate of drug-likeness (QED) is 0.725. The molecule has 20 heavy (non-hydrogen) atoms. The second kappa shape index (κ2) is 4.87. The third-order valence-corrected chi connectivity index (χ3v) is 4.84. The molecule has 0 aromatic rings. The lowest BCUT2D eigenvalue weighted by molar-refractivity contribution is -0.525. The van der Waals surface area contributed by atoms with Crippen LogP contribution in [-0.2, 0) is 4.79 Å². The maximum absolute atomic E-state index is 12.7. The normalized spacial score (nSPS) is 25.6. The van der Waals surface area contributed by atoms with Gasteiger partial charge in [-0.3, -0.25) is 14.6 Å². The van der Waals surface area contributed by atoms with E-state index in [9.17, 15) is 9.59 Å². The van der Waals surface area contributed by atoms with Crippen molar-refractivity contribution >= 4 is 34.7 Å². The number of thioether (sulfide) groups is 1. The van der Waals surface area contributed by atoms with Gasteiger partial charge >= 0.3 is 11.2 Å². The average Bonchev–Trinajstić information content (AvgIpc) is 2.95. The van der Waals surface area contributed by atoms with Gasteiger partial charge in [0, 0.05) is 19.3 Å². The lowest BCUT2D eigenvalue weighted by atomic mass is 10.1. The van der Waals surface area contributed by atoms with E-state index in [0.29, 0.717) is 18.3 Å². The van der Waals surface area contributed by atoms with E-state index in [2.05, 4.69) is 18.8 Å². The first-order valence-corrected chi connectivity index (χ1v) is 7.93. The molecule has 0 aromatic heterocycles. The molecule has 0 N–H and O–H groups in total. The summed E-state index contributed by atoms with van der Waals surface area (Å²) in [6.07, 6.45) is 0.829. The minimum Gasteiger partial charge on any atom is -0.269 e. The zero-order valence-corrected chi connectivity index (χ0v) is 12.8. The van der Waals surface area contributed by atoms with Gasteiger partial charge in [-0.15, -0.1) is 0 Å². The monoisotopic (exact) mass is 295 g/mol. The van der Waals surface area contributed by atoms with Crippen LogP contribution in [0.3, 0.4) is 0 Å². The van der Waals surface area contributed by atoms with E-state index in [1.54, 1.807) is 18.8 Å². The molecule has 1 saturated heterocycles. The zero-order valence-electron chi connectivity index (χ0n) is 12.0. The Morgan fingerprint density at radius 2 is 2.20 bits per heavy atom. The number of aliphatic imine (C=N–C) groups is 1. The van der Waals surface area contributed by atoms with Crippen molar-refractivity contribution in [3.8, 4) is 0 Å². The van der Waals surface area contributed by atoms with Gasteiger partial charge < -0.3 is 0 Å². The number of amides is 3. The van der Waals surface area contributed by atoms with E-state index in [1.165, 1.54) is 9.80 Å². The number of hydrogen-bond donors (Lipinski definition) is 0. The zero-order chi connectivity index (χ0) is 14.4. The van der Waals surface area contributed by atoms with E-state index in [0.717, 1.165) is 23.9 Å². The fourth-order valence-electron chi connectivity index (χ4n) is 2.66. The Kier molecular flexibility index (Phi) is 3.32. The number of carbonyl (C=O) groups excluding carboxylic acids is 2. The van der Waals surface area contributed by atoms with Crippen molar-refractivity contribution in [3.05, 3.63) is 0 Å². The summed E-state index contributed by atoms with van der Waals surface area (Å²) < 4.78 is 2.02.